The zero-order chi connectivity index (χ0) is 20.5. The third-order valence-corrected chi connectivity index (χ3v) is 5.96. The average molecular weight is 439 g/mol. The first-order chi connectivity index (χ1) is 13.5. The van der Waals surface area contributed by atoms with Gasteiger partial charge in [0.1, 0.15) is 6.04 Å². The molecule has 0 saturated carbocycles. The first kappa shape index (κ1) is 22.6. The van der Waals surface area contributed by atoms with Crippen LogP contribution in [0.25, 0.3) is 0 Å². The number of hydrogen-bond donors (Lipinski definition) is 1. The van der Waals surface area contributed by atoms with Crippen LogP contribution in [0.1, 0.15) is 25.3 Å². The number of halogens is 2. The summed E-state index contributed by atoms with van der Waals surface area (Å²) in [5.41, 5.74) is 0.824. The lowest BCUT2D eigenvalue weighted by Gasteiger charge is -2.30. The number of carbonyl (C=O) groups is 2. The fourth-order valence-corrected chi connectivity index (χ4v) is 3.99. The Hall–Kier alpha value is -1.69. The minimum Gasteiger partial charge on any atom is -0.357 e. The minimum atomic E-state index is -0.533. The molecule has 2 amide bonds. The summed E-state index contributed by atoms with van der Waals surface area (Å²) in [5.74, 6) is 0.369. The van der Waals surface area contributed by atoms with Gasteiger partial charge in [-0.05, 0) is 42.3 Å². The molecule has 0 bridgehead atoms. The summed E-state index contributed by atoms with van der Waals surface area (Å²) in [6.07, 6.45) is 0.853. The second kappa shape index (κ2) is 11.3. The summed E-state index contributed by atoms with van der Waals surface area (Å²) in [4.78, 5) is 28.0. The Kier molecular flexibility index (Phi) is 9.16. The van der Waals surface area contributed by atoms with Crippen molar-refractivity contribution in [3.8, 4) is 0 Å². The number of likely N-dealkylation sites (N-methyl/N-ethyl adjacent to an activating group) is 1. The van der Waals surface area contributed by atoms with Gasteiger partial charge in [-0.2, -0.15) is 0 Å². The maximum absolute atomic E-state index is 13.0. The number of thioether (sulfide) groups is 1. The molecule has 28 heavy (non-hydrogen) atoms. The lowest BCUT2D eigenvalue weighted by atomic mass is 10.1. The van der Waals surface area contributed by atoms with E-state index in [1.54, 1.807) is 29.8 Å². The van der Waals surface area contributed by atoms with Gasteiger partial charge in [0.25, 0.3) is 0 Å². The Morgan fingerprint density at radius 2 is 1.79 bits per heavy atom. The van der Waals surface area contributed by atoms with Crippen molar-refractivity contribution in [2.75, 3.05) is 12.8 Å². The first-order valence-electron chi connectivity index (χ1n) is 9.09. The summed E-state index contributed by atoms with van der Waals surface area (Å²) < 4.78 is 0. The van der Waals surface area contributed by atoms with E-state index < -0.39 is 6.04 Å². The zero-order valence-electron chi connectivity index (χ0n) is 16.0. The molecule has 7 heteroatoms. The molecule has 0 aliphatic heterocycles. The van der Waals surface area contributed by atoms with Gasteiger partial charge in [-0.25, -0.2) is 0 Å². The molecule has 2 aromatic carbocycles. The van der Waals surface area contributed by atoms with Gasteiger partial charge in [-0.15, -0.1) is 11.8 Å². The van der Waals surface area contributed by atoms with Crippen LogP contribution >= 0.6 is 35.0 Å². The average Bonchev–Trinajstić information content (AvgIpc) is 2.70. The molecule has 150 valence electrons. The molecule has 0 heterocycles. The quantitative estimate of drug-likeness (QED) is 0.558. The Balaban J connectivity index is 2.10. The Morgan fingerprint density at radius 1 is 1.11 bits per heavy atom. The number of benzene rings is 2. The second-order valence-corrected chi connectivity index (χ2v) is 8.22. The van der Waals surface area contributed by atoms with E-state index in [0.717, 1.165) is 10.5 Å². The van der Waals surface area contributed by atoms with Crippen LogP contribution in [0.4, 0.5) is 0 Å². The van der Waals surface area contributed by atoms with Crippen LogP contribution in [0.2, 0.25) is 10.0 Å². The van der Waals surface area contributed by atoms with Crippen LogP contribution in [-0.2, 0) is 16.1 Å². The van der Waals surface area contributed by atoms with Crippen molar-refractivity contribution in [1.29, 1.82) is 0 Å². The smallest absolute Gasteiger partial charge is 0.242 e. The molecule has 2 rings (SSSR count). The molecule has 0 spiro atoms. The zero-order valence-corrected chi connectivity index (χ0v) is 18.3. The fraction of sp³-hybridized carbons (Fsp3) is 0.333. The van der Waals surface area contributed by atoms with Crippen LogP contribution in [0.5, 0.6) is 0 Å². The largest absolute Gasteiger partial charge is 0.357 e. The molecule has 0 radical (unpaired) electrons. The summed E-state index contributed by atoms with van der Waals surface area (Å²) in [7, 11) is 1.58. The van der Waals surface area contributed by atoms with Gasteiger partial charge in [0.05, 0.1) is 0 Å². The molecular formula is C21H24Cl2N2O2S. The minimum absolute atomic E-state index is 0.0724. The van der Waals surface area contributed by atoms with Crippen molar-refractivity contribution in [2.45, 2.75) is 37.2 Å². The molecule has 2 aromatic rings. The molecule has 0 aliphatic rings. The van der Waals surface area contributed by atoms with Crippen LogP contribution in [0, 0.1) is 0 Å². The van der Waals surface area contributed by atoms with Crippen molar-refractivity contribution in [1.82, 2.24) is 10.2 Å². The van der Waals surface area contributed by atoms with E-state index >= 15 is 0 Å². The maximum atomic E-state index is 13.0. The summed E-state index contributed by atoms with van der Waals surface area (Å²) in [6.45, 7) is 2.20. The van der Waals surface area contributed by atoms with E-state index in [2.05, 4.69) is 5.32 Å². The van der Waals surface area contributed by atoms with Crippen LogP contribution in [0.3, 0.4) is 0 Å². The summed E-state index contributed by atoms with van der Waals surface area (Å²) in [5, 5.41) is 3.92. The molecule has 4 nitrogen and oxygen atoms in total. The van der Waals surface area contributed by atoms with E-state index in [1.165, 1.54) is 0 Å². The van der Waals surface area contributed by atoms with Crippen molar-refractivity contribution in [2.24, 2.45) is 0 Å². The number of carbonyl (C=O) groups excluding carboxylic acids is 2. The number of rotatable bonds is 9. The molecule has 1 N–H and O–H groups in total. The Labute approximate surface area is 180 Å². The lowest BCUT2D eigenvalue weighted by molar-refractivity contribution is -0.140. The second-order valence-electron chi connectivity index (χ2n) is 6.20. The molecule has 0 fully saturated rings. The number of hydrogen-bond acceptors (Lipinski definition) is 3. The van der Waals surface area contributed by atoms with E-state index in [-0.39, 0.29) is 11.8 Å². The van der Waals surface area contributed by atoms with Crippen molar-refractivity contribution < 1.29 is 9.59 Å². The van der Waals surface area contributed by atoms with Gasteiger partial charge in [-0.3, -0.25) is 9.59 Å². The molecule has 0 aromatic heterocycles. The number of nitrogens with zero attached hydrogens (tertiary/aromatic N) is 1. The van der Waals surface area contributed by atoms with Gasteiger partial charge < -0.3 is 10.2 Å². The monoisotopic (exact) mass is 438 g/mol. The standard InChI is InChI=1S/C21H24Cl2N2O2S/c1-3-19(21(27)24-2)25(14-15-6-4-5-7-18(15)23)20(26)12-13-28-17-10-8-16(22)9-11-17/h4-11,19H,3,12-14H2,1-2H3,(H,24,27)/t19-/m1/s1. The highest BCUT2D eigenvalue weighted by molar-refractivity contribution is 7.99. The molecule has 0 unspecified atom stereocenters. The third-order valence-electron chi connectivity index (χ3n) is 4.33. The van der Waals surface area contributed by atoms with Crippen LogP contribution in [-0.4, -0.2) is 35.6 Å². The maximum Gasteiger partial charge on any atom is 0.242 e. The first-order valence-corrected chi connectivity index (χ1v) is 10.8. The van der Waals surface area contributed by atoms with Crippen molar-refractivity contribution >= 4 is 46.8 Å². The molecule has 1 atom stereocenters. The predicted octanol–water partition coefficient (Wildman–Crippen LogP) is 5.03. The fourth-order valence-electron chi connectivity index (χ4n) is 2.83. The highest BCUT2D eigenvalue weighted by Crippen LogP contribution is 2.23. The van der Waals surface area contributed by atoms with E-state index in [9.17, 15) is 9.59 Å². The third kappa shape index (κ3) is 6.43. The SMILES string of the molecule is CC[C@H](C(=O)NC)N(Cc1ccccc1Cl)C(=O)CCSc1ccc(Cl)cc1. The number of nitrogens with one attached hydrogen (secondary N) is 1. The Bertz CT molecular complexity index is 799. The lowest BCUT2D eigenvalue weighted by Crippen LogP contribution is -2.48. The highest BCUT2D eigenvalue weighted by atomic mass is 35.5. The van der Waals surface area contributed by atoms with E-state index in [4.69, 9.17) is 23.2 Å². The number of amides is 2. The molecule has 0 aliphatic carbocycles. The summed E-state index contributed by atoms with van der Waals surface area (Å²) >= 11 is 13.8. The predicted molar refractivity (Wildman–Crippen MR) is 117 cm³/mol. The molecular weight excluding hydrogens is 415 g/mol. The summed E-state index contributed by atoms with van der Waals surface area (Å²) in [6, 6.07) is 14.4. The molecule has 0 saturated heterocycles. The van der Waals surface area contributed by atoms with Crippen molar-refractivity contribution in [3.63, 3.8) is 0 Å². The van der Waals surface area contributed by atoms with Crippen LogP contribution < -0.4 is 5.32 Å². The van der Waals surface area contributed by atoms with Gasteiger partial charge >= 0.3 is 0 Å². The van der Waals surface area contributed by atoms with Gasteiger partial charge in [-0.1, -0.05) is 48.3 Å². The van der Waals surface area contributed by atoms with Gasteiger partial charge in [0, 0.05) is 40.7 Å². The van der Waals surface area contributed by atoms with E-state index in [1.807, 2.05) is 49.4 Å². The van der Waals surface area contributed by atoms with Crippen molar-refractivity contribution in [3.05, 3.63) is 64.1 Å². The highest BCUT2D eigenvalue weighted by Gasteiger charge is 2.28. The van der Waals surface area contributed by atoms with Gasteiger partial charge in [0.2, 0.25) is 11.8 Å². The van der Waals surface area contributed by atoms with Gasteiger partial charge in [0.15, 0.2) is 0 Å². The van der Waals surface area contributed by atoms with E-state index in [0.29, 0.717) is 35.2 Å². The Morgan fingerprint density at radius 3 is 2.39 bits per heavy atom. The van der Waals surface area contributed by atoms with Crippen LogP contribution in [0.15, 0.2) is 53.4 Å². The normalized spacial score (nSPS) is 11.7. The topological polar surface area (TPSA) is 49.4 Å².